The molecule has 6 nitrogen and oxygen atoms in total. The maximum Gasteiger partial charge on any atom is 0.306 e. The molecule has 0 amide bonds. The molecule has 0 saturated heterocycles. The molecule has 0 aliphatic heterocycles. The summed E-state index contributed by atoms with van der Waals surface area (Å²) in [7, 11) is 0. The van der Waals surface area contributed by atoms with Gasteiger partial charge in [-0.05, 0) is 44.9 Å². The van der Waals surface area contributed by atoms with Gasteiger partial charge in [0.15, 0.2) is 6.10 Å². The highest BCUT2D eigenvalue weighted by atomic mass is 16.6. The highest BCUT2D eigenvalue weighted by Gasteiger charge is 2.20. The fourth-order valence-electron chi connectivity index (χ4n) is 11.4. The van der Waals surface area contributed by atoms with Crippen molar-refractivity contribution in [1.29, 1.82) is 0 Å². The molecular formula is C75H142O6. The monoisotopic (exact) mass is 1140 g/mol. The molecule has 0 heterocycles. The molecule has 0 aromatic heterocycles. The first-order valence-corrected chi connectivity index (χ1v) is 36.8. The number of allylic oxidation sites excluding steroid dienone is 4. The molecule has 0 bridgehead atoms. The van der Waals surface area contributed by atoms with Crippen LogP contribution in [0.5, 0.6) is 0 Å². The van der Waals surface area contributed by atoms with E-state index in [-0.39, 0.29) is 31.1 Å². The molecule has 0 aromatic rings. The predicted octanol–water partition coefficient (Wildman–Crippen LogP) is 25.3. The lowest BCUT2D eigenvalue weighted by molar-refractivity contribution is -0.167. The van der Waals surface area contributed by atoms with E-state index in [0.29, 0.717) is 19.3 Å². The van der Waals surface area contributed by atoms with Gasteiger partial charge in [-0.25, -0.2) is 0 Å². The van der Waals surface area contributed by atoms with Crippen molar-refractivity contribution in [3.8, 4) is 0 Å². The molecular weight excluding hydrogens is 997 g/mol. The zero-order chi connectivity index (χ0) is 58.5. The lowest BCUT2D eigenvalue weighted by Gasteiger charge is -2.18. The third kappa shape index (κ3) is 68.6. The minimum atomic E-state index is -0.773. The molecule has 0 N–H and O–H groups in total. The Morgan fingerprint density at radius 2 is 0.457 bits per heavy atom. The lowest BCUT2D eigenvalue weighted by Crippen LogP contribution is -2.30. The van der Waals surface area contributed by atoms with Crippen molar-refractivity contribution >= 4 is 17.9 Å². The Bertz CT molecular complexity index is 1310. The van der Waals surface area contributed by atoms with Gasteiger partial charge in [0.25, 0.3) is 0 Å². The SMILES string of the molecule is CCCC/C=C\C/C=C\CCCCCCCC(=O)OCC(COC(=O)CCCCCCCCCCCCCCCCCCCCCCCCCCCCCCCCCCCC)OC(=O)CCCCCCCCCCCCCCCCC. The zero-order valence-electron chi connectivity index (χ0n) is 55.1. The van der Waals surface area contributed by atoms with Crippen molar-refractivity contribution in [2.45, 2.75) is 425 Å². The highest BCUT2D eigenvalue weighted by Crippen LogP contribution is 2.19. The lowest BCUT2D eigenvalue weighted by atomic mass is 10.0. The number of hydrogen-bond donors (Lipinski definition) is 0. The van der Waals surface area contributed by atoms with Crippen LogP contribution in [0.1, 0.15) is 419 Å². The molecule has 0 spiro atoms. The Morgan fingerprint density at radius 3 is 0.716 bits per heavy atom. The number of unbranched alkanes of at least 4 members (excludes halogenated alkanes) is 54. The summed E-state index contributed by atoms with van der Waals surface area (Å²) < 4.78 is 17.0. The van der Waals surface area contributed by atoms with Crippen LogP contribution in [0, 0.1) is 0 Å². The second kappa shape index (κ2) is 70.4. The third-order valence-corrected chi connectivity index (χ3v) is 17.0. The first kappa shape index (κ1) is 78.9. The van der Waals surface area contributed by atoms with E-state index in [1.165, 1.54) is 302 Å². The molecule has 1 unspecified atom stereocenters. The minimum Gasteiger partial charge on any atom is -0.462 e. The van der Waals surface area contributed by atoms with E-state index in [9.17, 15) is 14.4 Å². The van der Waals surface area contributed by atoms with Crippen LogP contribution >= 0.6 is 0 Å². The minimum absolute atomic E-state index is 0.0695. The normalized spacial score (nSPS) is 12.1. The van der Waals surface area contributed by atoms with Gasteiger partial charge in [0, 0.05) is 19.3 Å². The van der Waals surface area contributed by atoms with Crippen molar-refractivity contribution < 1.29 is 28.6 Å². The maximum absolute atomic E-state index is 12.9. The van der Waals surface area contributed by atoms with Gasteiger partial charge in [0.05, 0.1) is 0 Å². The second-order valence-corrected chi connectivity index (χ2v) is 25.2. The van der Waals surface area contributed by atoms with Crippen LogP contribution in [0.15, 0.2) is 24.3 Å². The van der Waals surface area contributed by atoms with Crippen molar-refractivity contribution in [3.05, 3.63) is 24.3 Å². The molecule has 0 saturated carbocycles. The van der Waals surface area contributed by atoms with E-state index in [0.717, 1.165) is 77.0 Å². The molecule has 0 aliphatic rings. The first-order valence-electron chi connectivity index (χ1n) is 36.8. The van der Waals surface area contributed by atoms with E-state index >= 15 is 0 Å². The Balaban J connectivity index is 4.05. The summed E-state index contributed by atoms with van der Waals surface area (Å²) in [6.45, 7) is 6.67. The Kier molecular flexibility index (Phi) is 68.5. The van der Waals surface area contributed by atoms with Crippen LogP contribution in [-0.4, -0.2) is 37.2 Å². The number of rotatable bonds is 69. The molecule has 81 heavy (non-hydrogen) atoms. The van der Waals surface area contributed by atoms with Gasteiger partial charge in [0.1, 0.15) is 13.2 Å². The Labute approximate surface area is 506 Å². The van der Waals surface area contributed by atoms with Crippen LogP contribution < -0.4 is 0 Å². The van der Waals surface area contributed by atoms with Gasteiger partial charge in [-0.15, -0.1) is 0 Å². The molecule has 1 atom stereocenters. The van der Waals surface area contributed by atoms with E-state index in [2.05, 4.69) is 45.1 Å². The van der Waals surface area contributed by atoms with Crippen LogP contribution in [0.4, 0.5) is 0 Å². The number of carbonyl (C=O) groups is 3. The largest absolute Gasteiger partial charge is 0.462 e. The quantitative estimate of drug-likeness (QED) is 0.0261. The van der Waals surface area contributed by atoms with E-state index in [1.54, 1.807) is 0 Å². The average molecular weight is 1140 g/mol. The van der Waals surface area contributed by atoms with E-state index in [1.807, 2.05) is 0 Å². The van der Waals surface area contributed by atoms with Crippen LogP contribution in [-0.2, 0) is 28.6 Å². The average Bonchev–Trinajstić information content (AvgIpc) is 3.47. The van der Waals surface area contributed by atoms with E-state index in [4.69, 9.17) is 14.2 Å². The summed E-state index contributed by atoms with van der Waals surface area (Å²) >= 11 is 0. The van der Waals surface area contributed by atoms with Gasteiger partial charge in [-0.2, -0.15) is 0 Å². The molecule has 0 rings (SSSR count). The van der Waals surface area contributed by atoms with Crippen molar-refractivity contribution in [1.82, 2.24) is 0 Å². The third-order valence-electron chi connectivity index (χ3n) is 17.0. The summed E-state index contributed by atoms with van der Waals surface area (Å²) in [6.07, 6.45) is 86.7. The number of esters is 3. The van der Waals surface area contributed by atoms with E-state index < -0.39 is 6.10 Å². The molecule has 6 heteroatoms. The molecule has 478 valence electrons. The number of ether oxygens (including phenoxy) is 3. The van der Waals surface area contributed by atoms with Gasteiger partial charge in [-0.3, -0.25) is 14.4 Å². The van der Waals surface area contributed by atoms with Gasteiger partial charge in [0.2, 0.25) is 0 Å². The number of carbonyl (C=O) groups excluding carboxylic acids is 3. The van der Waals surface area contributed by atoms with Crippen molar-refractivity contribution in [2.75, 3.05) is 13.2 Å². The first-order chi connectivity index (χ1) is 40.0. The Hall–Kier alpha value is -2.11. The van der Waals surface area contributed by atoms with Gasteiger partial charge >= 0.3 is 17.9 Å². The van der Waals surface area contributed by atoms with Crippen LogP contribution in [0.25, 0.3) is 0 Å². The van der Waals surface area contributed by atoms with Crippen molar-refractivity contribution in [3.63, 3.8) is 0 Å². The molecule has 0 radical (unpaired) electrons. The Morgan fingerprint density at radius 1 is 0.247 bits per heavy atom. The fraction of sp³-hybridized carbons (Fsp3) is 0.907. The molecule has 0 aliphatic carbocycles. The smallest absolute Gasteiger partial charge is 0.306 e. The predicted molar refractivity (Wildman–Crippen MR) is 353 cm³/mol. The zero-order valence-corrected chi connectivity index (χ0v) is 55.1. The van der Waals surface area contributed by atoms with Gasteiger partial charge < -0.3 is 14.2 Å². The van der Waals surface area contributed by atoms with Crippen molar-refractivity contribution in [2.24, 2.45) is 0 Å². The summed E-state index contributed by atoms with van der Waals surface area (Å²) in [5.41, 5.74) is 0. The van der Waals surface area contributed by atoms with Gasteiger partial charge in [-0.1, -0.05) is 379 Å². The molecule has 0 aromatic carbocycles. The summed E-state index contributed by atoms with van der Waals surface area (Å²) in [6, 6.07) is 0. The van der Waals surface area contributed by atoms with Crippen LogP contribution in [0.2, 0.25) is 0 Å². The standard InChI is InChI=1S/C75H142O6/c1-4-7-10-13-16-19-22-25-28-29-30-31-32-33-34-35-36-37-38-39-40-41-42-43-44-45-46-48-50-53-56-59-62-65-68-74(77)80-71-72(70-79-73(76)67-64-61-58-55-52-49-27-24-21-18-15-12-9-6-3)81-75(78)69-66-63-60-57-54-51-47-26-23-20-17-14-11-8-5-2/h15,18,24,27,72H,4-14,16-17,19-23,25-26,28-71H2,1-3H3/b18-15-,27-24-. The number of hydrogen-bond acceptors (Lipinski definition) is 6. The summed E-state index contributed by atoms with van der Waals surface area (Å²) in [5, 5.41) is 0. The molecule has 0 fully saturated rings. The summed E-state index contributed by atoms with van der Waals surface area (Å²) in [5.74, 6) is -0.853. The highest BCUT2D eigenvalue weighted by molar-refractivity contribution is 5.71. The topological polar surface area (TPSA) is 78.9 Å². The van der Waals surface area contributed by atoms with Crippen LogP contribution in [0.3, 0.4) is 0 Å². The fourth-order valence-corrected chi connectivity index (χ4v) is 11.4. The second-order valence-electron chi connectivity index (χ2n) is 25.2. The maximum atomic E-state index is 12.9. The summed E-state index contributed by atoms with van der Waals surface area (Å²) in [4.78, 5) is 38.4.